The lowest BCUT2D eigenvalue weighted by Gasteiger charge is -2.34. The van der Waals surface area contributed by atoms with Crippen LogP contribution < -0.4 is 10.2 Å². The summed E-state index contributed by atoms with van der Waals surface area (Å²) >= 11 is 0. The van der Waals surface area contributed by atoms with Gasteiger partial charge in [0.15, 0.2) is 0 Å². The average Bonchev–Trinajstić information content (AvgIpc) is 2.62. The zero-order chi connectivity index (χ0) is 16.9. The molecule has 5 nitrogen and oxygen atoms in total. The number of anilines is 1. The van der Waals surface area contributed by atoms with Crippen LogP contribution in [0.3, 0.4) is 0 Å². The van der Waals surface area contributed by atoms with Crippen LogP contribution in [0.5, 0.6) is 0 Å². The van der Waals surface area contributed by atoms with Crippen LogP contribution in [0, 0.1) is 5.82 Å². The van der Waals surface area contributed by atoms with E-state index in [0.29, 0.717) is 12.2 Å². The molecule has 0 unspecified atom stereocenters. The largest absolute Gasteiger partial charge is 0.369 e. The van der Waals surface area contributed by atoms with Gasteiger partial charge in [-0.1, -0.05) is 12.1 Å². The molecule has 1 aromatic heterocycles. The topological polar surface area (TPSA) is 48.5 Å². The molecule has 2 heterocycles. The molecule has 1 N–H and O–H groups in total. The fourth-order valence-corrected chi connectivity index (χ4v) is 2.68. The van der Waals surface area contributed by atoms with E-state index in [2.05, 4.69) is 27.1 Å². The maximum Gasteiger partial charge on any atom is 0.270 e. The highest BCUT2D eigenvalue weighted by atomic mass is 19.1. The minimum absolute atomic E-state index is 0.227. The highest BCUT2D eigenvalue weighted by molar-refractivity contribution is 5.93. The van der Waals surface area contributed by atoms with Crippen molar-refractivity contribution in [2.75, 3.05) is 38.1 Å². The Morgan fingerprint density at radius 3 is 2.58 bits per heavy atom. The van der Waals surface area contributed by atoms with Crippen molar-refractivity contribution in [3.8, 4) is 0 Å². The van der Waals surface area contributed by atoms with E-state index in [1.54, 1.807) is 18.3 Å². The van der Waals surface area contributed by atoms with Crippen LogP contribution in [-0.4, -0.2) is 49.0 Å². The molecule has 3 rings (SSSR count). The van der Waals surface area contributed by atoms with Crippen molar-refractivity contribution in [2.45, 2.75) is 6.54 Å². The Labute approximate surface area is 141 Å². The van der Waals surface area contributed by atoms with Crippen LogP contribution in [0.2, 0.25) is 0 Å². The Bertz CT molecular complexity index is 696. The second kappa shape index (κ2) is 7.40. The Morgan fingerprint density at radius 1 is 1.17 bits per heavy atom. The molecule has 0 atom stereocenters. The third-order valence-electron chi connectivity index (χ3n) is 4.21. The summed E-state index contributed by atoms with van der Waals surface area (Å²) in [5, 5.41) is 2.82. The van der Waals surface area contributed by atoms with Gasteiger partial charge < -0.3 is 15.1 Å². The van der Waals surface area contributed by atoms with Crippen LogP contribution in [0.4, 0.5) is 10.1 Å². The highest BCUT2D eigenvalue weighted by Crippen LogP contribution is 2.16. The van der Waals surface area contributed by atoms with Gasteiger partial charge in [0.1, 0.15) is 11.5 Å². The highest BCUT2D eigenvalue weighted by Gasteiger charge is 2.16. The molecular weight excluding hydrogens is 307 g/mol. The number of carbonyl (C=O) groups is 1. The number of halogens is 1. The molecule has 1 aromatic carbocycles. The van der Waals surface area contributed by atoms with Gasteiger partial charge in [0, 0.05) is 44.6 Å². The minimum Gasteiger partial charge on any atom is -0.369 e. The van der Waals surface area contributed by atoms with Gasteiger partial charge >= 0.3 is 0 Å². The number of rotatable bonds is 4. The van der Waals surface area contributed by atoms with E-state index in [1.165, 1.54) is 12.1 Å². The van der Waals surface area contributed by atoms with Gasteiger partial charge in [-0.3, -0.25) is 9.78 Å². The Hall–Kier alpha value is -2.47. The van der Waals surface area contributed by atoms with E-state index < -0.39 is 0 Å². The molecule has 0 aliphatic carbocycles. The first-order valence-corrected chi connectivity index (χ1v) is 8.04. The van der Waals surface area contributed by atoms with E-state index in [1.807, 2.05) is 12.1 Å². The molecule has 0 spiro atoms. The van der Waals surface area contributed by atoms with Crippen molar-refractivity contribution in [1.29, 1.82) is 0 Å². The summed E-state index contributed by atoms with van der Waals surface area (Å²) < 4.78 is 12.9. The molecule has 2 aromatic rings. The monoisotopic (exact) mass is 328 g/mol. The third-order valence-corrected chi connectivity index (χ3v) is 4.21. The number of benzene rings is 1. The second-order valence-corrected chi connectivity index (χ2v) is 6.00. The molecule has 1 saturated heterocycles. The number of carbonyl (C=O) groups excluding carboxylic acids is 1. The van der Waals surface area contributed by atoms with Crippen LogP contribution in [-0.2, 0) is 6.54 Å². The van der Waals surface area contributed by atoms with Gasteiger partial charge in [-0.05, 0) is 36.9 Å². The van der Waals surface area contributed by atoms with Gasteiger partial charge in [0.25, 0.3) is 5.91 Å². The number of piperazine rings is 1. The molecule has 24 heavy (non-hydrogen) atoms. The standard InChI is InChI=1S/C18H21FN4O/c1-22-8-10-23(11-9-22)16-6-7-20-17(12-16)18(24)21-13-14-2-4-15(19)5-3-14/h2-7,12H,8-11,13H2,1H3,(H,21,24). The maximum atomic E-state index is 12.9. The number of pyridine rings is 1. The van der Waals surface area contributed by atoms with Crippen LogP contribution >= 0.6 is 0 Å². The first-order chi connectivity index (χ1) is 11.6. The fourth-order valence-electron chi connectivity index (χ4n) is 2.68. The number of likely N-dealkylation sites (N-methyl/N-ethyl adjacent to an activating group) is 1. The molecule has 0 bridgehead atoms. The van der Waals surface area contributed by atoms with Crippen LogP contribution in [0.25, 0.3) is 0 Å². The van der Waals surface area contributed by atoms with E-state index >= 15 is 0 Å². The van der Waals surface area contributed by atoms with Crippen LogP contribution in [0.1, 0.15) is 16.1 Å². The number of hydrogen-bond donors (Lipinski definition) is 1. The zero-order valence-corrected chi connectivity index (χ0v) is 13.7. The quantitative estimate of drug-likeness (QED) is 0.931. The van der Waals surface area contributed by atoms with Crippen molar-refractivity contribution in [2.24, 2.45) is 0 Å². The van der Waals surface area contributed by atoms with Crippen molar-refractivity contribution in [1.82, 2.24) is 15.2 Å². The number of hydrogen-bond acceptors (Lipinski definition) is 4. The molecule has 1 aliphatic rings. The van der Waals surface area contributed by atoms with Gasteiger partial charge in [-0.25, -0.2) is 4.39 Å². The maximum absolute atomic E-state index is 12.9. The summed E-state index contributed by atoms with van der Waals surface area (Å²) in [6, 6.07) is 9.84. The zero-order valence-electron chi connectivity index (χ0n) is 13.7. The van der Waals surface area contributed by atoms with E-state index in [-0.39, 0.29) is 11.7 Å². The lowest BCUT2D eigenvalue weighted by molar-refractivity contribution is 0.0946. The molecule has 1 aliphatic heterocycles. The van der Waals surface area contributed by atoms with Crippen molar-refractivity contribution in [3.05, 3.63) is 59.7 Å². The van der Waals surface area contributed by atoms with Crippen molar-refractivity contribution >= 4 is 11.6 Å². The Balaban J connectivity index is 1.62. The second-order valence-electron chi connectivity index (χ2n) is 6.00. The third kappa shape index (κ3) is 4.08. The Morgan fingerprint density at radius 2 is 1.88 bits per heavy atom. The first-order valence-electron chi connectivity index (χ1n) is 8.04. The Kier molecular flexibility index (Phi) is 5.05. The number of amides is 1. The summed E-state index contributed by atoms with van der Waals surface area (Å²) in [4.78, 5) is 21.0. The molecule has 0 radical (unpaired) electrons. The van der Waals surface area contributed by atoms with Crippen molar-refractivity contribution < 1.29 is 9.18 Å². The average molecular weight is 328 g/mol. The van der Waals surface area contributed by atoms with Gasteiger partial charge in [0.2, 0.25) is 0 Å². The smallest absolute Gasteiger partial charge is 0.270 e. The lowest BCUT2D eigenvalue weighted by atomic mass is 10.2. The number of nitrogens with zero attached hydrogens (tertiary/aromatic N) is 3. The SMILES string of the molecule is CN1CCN(c2ccnc(C(=O)NCc3ccc(F)cc3)c2)CC1. The molecule has 6 heteroatoms. The minimum atomic E-state index is -0.286. The molecular formula is C18H21FN4O. The summed E-state index contributed by atoms with van der Waals surface area (Å²) in [5.74, 6) is -0.512. The van der Waals surface area contributed by atoms with E-state index in [9.17, 15) is 9.18 Å². The summed E-state index contributed by atoms with van der Waals surface area (Å²) in [6.07, 6.45) is 1.67. The molecule has 126 valence electrons. The fraction of sp³-hybridized carbons (Fsp3) is 0.333. The molecule has 0 saturated carbocycles. The van der Waals surface area contributed by atoms with E-state index in [4.69, 9.17) is 0 Å². The summed E-state index contributed by atoms with van der Waals surface area (Å²) in [6.45, 7) is 4.25. The number of nitrogens with one attached hydrogen (secondary N) is 1. The van der Waals surface area contributed by atoms with Crippen molar-refractivity contribution in [3.63, 3.8) is 0 Å². The first kappa shape index (κ1) is 16.4. The number of aromatic nitrogens is 1. The molecule has 1 amide bonds. The van der Waals surface area contributed by atoms with Crippen LogP contribution in [0.15, 0.2) is 42.6 Å². The summed E-state index contributed by atoms with van der Waals surface area (Å²) in [7, 11) is 2.11. The van der Waals surface area contributed by atoms with Gasteiger partial charge in [-0.15, -0.1) is 0 Å². The summed E-state index contributed by atoms with van der Waals surface area (Å²) in [5.41, 5.74) is 2.26. The van der Waals surface area contributed by atoms with E-state index in [0.717, 1.165) is 37.4 Å². The van der Waals surface area contributed by atoms with Gasteiger partial charge in [0.05, 0.1) is 0 Å². The predicted molar refractivity (Wildman–Crippen MR) is 91.5 cm³/mol. The van der Waals surface area contributed by atoms with Gasteiger partial charge in [-0.2, -0.15) is 0 Å². The normalized spacial score (nSPS) is 15.3. The molecule has 1 fully saturated rings. The lowest BCUT2D eigenvalue weighted by Crippen LogP contribution is -2.44. The predicted octanol–water partition coefficient (Wildman–Crippen LogP) is 1.90.